The molecule has 1 aliphatic heterocycles. The average Bonchev–Trinajstić information content (AvgIpc) is 2.64. The Bertz CT molecular complexity index is 397. The van der Waals surface area contributed by atoms with Gasteiger partial charge in [0.25, 0.3) is 0 Å². The van der Waals surface area contributed by atoms with Crippen molar-refractivity contribution in [2.45, 2.75) is 25.1 Å². The predicted octanol–water partition coefficient (Wildman–Crippen LogP) is 0.843. The lowest BCUT2D eigenvalue weighted by atomic mass is 10.2. The van der Waals surface area contributed by atoms with Crippen molar-refractivity contribution in [3.8, 4) is 0 Å². The van der Waals surface area contributed by atoms with Crippen LogP contribution in [0.4, 0.5) is 13.2 Å². The van der Waals surface area contributed by atoms with Crippen molar-refractivity contribution < 1.29 is 36.2 Å². The van der Waals surface area contributed by atoms with E-state index >= 15 is 0 Å². The first-order valence-corrected chi connectivity index (χ1v) is 7.05. The molecule has 5 nitrogen and oxygen atoms in total. The number of hydrogen-bond donors (Lipinski definition) is 1. The Labute approximate surface area is 102 Å². The van der Waals surface area contributed by atoms with Gasteiger partial charge in [-0.2, -0.15) is 13.2 Å². The van der Waals surface area contributed by atoms with E-state index in [1.165, 1.54) is 0 Å². The van der Waals surface area contributed by atoms with Crippen LogP contribution in [0.15, 0.2) is 0 Å². The van der Waals surface area contributed by atoms with Crippen LogP contribution in [0, 0.1) is 5.92 Å². The summed E-state index contributed by atoms with van der Waals surface area (Å²) < 4.78 is 65.0. The summed E-state index contributed by atoms with van der Waals surface area (Å²) in [6, 6.07) is 0. The molecule has 0 bridgehead atoms. The minimum atomic E-state index is -5.07. The van der Waals surface area contributed by atoms with Gasteiger partial charge < -0.3 is 9.84 Å². The fourth-order valence-corrected chi connectivity index (χ4v) is 3.49. The van der Waals surface area contributed by atoms with Gasteiger partial charge in [-0.05, 0) is 12.8 Å². The van der Waals surface area contributed by atoms with E-state index < -0.39 is 45.5 Å². The van der Waals surface area contributed by atoms with E-state index in [9.17, 15) is 26.4 Å². The lowest BCUT2D eigenvalue weighted by Gasteiger charge is -2.17. The number of halogens is 3. The maximum atomic E-state index is 12.3. The number of carboxylic acids is 1. The zero-order valence-electron chi connectivity index (χ0n) is 9.31. The highest BCUT2D eigenvalue weighted by Crippen LogP contribution is 2.28. The fraction of sp³-hybridized carbons (Fsp3) is 0.889. The third kappa shape index (κ3) is 4.45. The molecule has 0 aromatic rings. The number of alkyl halides is 3. The molecule has 9 heteroatoms. The zero-order valence-corrected chi connectivity index (χ0v) is 10.1. The Morgan fingerprint density at radius 1 is 1.44 bits per heavy atom. The van der Waals surface area contributed by atoms with E-state index in [4.69, 9.17) is 9.84 Å². The minimum absolute atomic E-state index is 0.377. The summed E-state index contributed by atoms with van der Waals surface area (Å²) in [4.78, 5) is 10.4. The summed E-state index contributed by atoms with van der Waals surface area (Å²) in [5.74, 6) is -7.07. The second-order valence-corrected chi connectivity index (χ2v) is 6.30. The molecule has 1 aliphatic rings. The minimum Gasteiger partial charge on any atom is -0.481 e. The Kier molecular flexibility index (Phi) is 4.60. The van der Waals surface area contributed by atoms with Crippen molar-refractivity contribution in [3.05, 3.63) is 0 Å². The van der Waals surface area contributed by atoms with Crippen molar-refractivity contribution in [2.24, 2.45) is 5.92 Å². The number of aliphatic carboxylic acids is 1. The van der Waals surface area contributed by atoms with Gasteiger partial charge in [-0.3, -0.25) is 4.79 Å². The zero-order chi connectivity index (χ0) is 14.0. The molecule has 1 fully saturated rings. The summed E-state index contributed by atoms with van der Waals surface area (Å²) in [5, 5.41) is 8.42. The summed E-state index contributed by atoms with van der Waals surface area (Å²) >= 11 is 0. The summed E-state index contributed by atoms with van der Waals surface area (Å²) in [6.45, 7) is 0.377. The van der Waals surface area contributed by atoms with E-state index in [0.29, 0.717) is 19.4 Å². The molecule has 0 radical (unpaired) electrons. The topological polar surface area (TPSA) is 80.7 Å². The summed E-state index contributed by atoms with van der Waals surface area (Å²) in [5.41, 5.74) is 0. The molecular formula is C9H13F3O5S. The SMILES string of the molecule is O=C(O)C(CS(=O)(=O)CC1CCCO1)C(F)(F)F. The van der Waals surface area contributed by atoms with Gasteiger partial charge in [0, 0.05) is 6.61 Å². The van der Waals surface area contributed by atoms with Gasteiger partial charge in [0.1, 0.15) is 0 Å². The van der Waals surface area contributed by atoms with Crippen LogP contribution in [-0.4, -0.2) is 49.9 Å². The number of rotatable bonds is 5. The quantitative estimate of drug-likeness (QED) is 0.811. The van der Waals surface area contributed by atoms with Crippen LogP contribution in [0.1, 0.15) is 12.8 Å². The number of carbonyl (C=O) groups is 1. The molecule has 0 aromatic heterocycles. The van der Waals surface area contributed by atoms with Crippen LogP contribution in [0.25, 0.3) is 0 Å². The maximum Gasteiger partial charge on any atom is 0.403 e. The normalized spacial score (nSPS) is 22.9. The van der Waals surface area contributed by atoms with Gasteiger partial charge in [-0.15, -0.1) is 0 Å². The first kappa shape index (κ1) is 15.2. The highest BCUT2D eigenvalue weighted by molar-refractivity contribution is 7.91. The Hall–Kier alpha value is -0.830. The van der Waals surface area contributed by atoms with Gasteiger partial charge in [0.15, 0.2) is 15.8 Å². The Morgan fingerprint density at radius 2 is 2.06 bits per heavy atom. The molecule has 0 saturated carbocycles. The Morgan fingerprint density at radius 3 is 2.44 bits per heavy atom. The first-order valence-electron chi connectivity index (χ1n) is 5.23. The molecule has 0 aliphatic carbocycles. The second kappa shape index (κ2) is 5.43. The van der Waals surface area contributed by atoms with Crippen LogP contribution in [0.3, 0.4) is 0 Å². The smallest absolute Gasteiger partial charge is 0.403 e. The van der Waals surface area contributed by atoms with Gasteiger partial charge >= 0.3 is 12.1 Å². The molecule has 1 rings (SSSR count). The van der Waals surface area contributed by atoms with E-state index in [1.807, 2.05) is 0 Å². The van der Waals surface area contributed by atoms with Crippen LogP contribution < -0.4 is 0 Å². The number of ether oxygens (including phenoxy) is 1. The van der Waals surface area contributed by atoms with Crippen molar-refractivity contribution in [2.75, 3.05) is 18.1 Å². The number of carboxylic acid groups (broad SMARTS) is 1. The summed E-state index contributed by atoms with van der Waals surface area (Å²) in [7, 11) is -4.12. The predicted molar refractivity (Wildman–Crippen MR) is 54.8 cm³/mol. The molecule has 106 valence electrons. The molecule has 1 saturated heterocycles. The molecule has 2 atom stereocenters. The number of hydrogen-bond acceptors (Lipinski definition) is 4. The first-order chi connectivity index (χ1) is 8.12. The molecule has 18 heavy (non-hydrogen) atoms. The molecule has 1 heterocycles. The third-order valence-electron chi connectivity index (χ3n) is 2.58. The molecule has 2 unspecified atom stereocenters. The maximum absolute atomic E-state index is 12.3. The van der Waals surface area contributed by atoms with E-state index in [2.05, 4.69) is 0 Å². The van der Waals surface area contributed by atoms with E-state index in [1.54, 1.807) is 0 Å². The van der Waals surface area contributed by atoms with Crippen molar-refractivity contribution in [3.63, 3.8) is 0 Å². The third-order valence-corrected chi connectivity index (χ3v) is 4.30. The molecular weight excluding hydrogens is 277 g/mol. The van der Waals surface area contributed by atoms with Crippen LogP contribution >= 0.6 is 0 Å². The van der Waals surface area contributed by atoms with Gasteiger partial charge in [0.2, 0.25) is 0 Å². The monoisotopic (exact) mass is 290 g/mol. The average molecular weight is 290 g/mol. The standard InChI is InChI=1S/C9H13F3O5S/c10-9(11,12)7(8(13)14)5-18(15,16)4-6-2-1-3-17-6/h6-7H,1-5H2,(H,13,14). The van der Waals surface area contributed by atoms with Crippen LogP contribution in [0.2, 0.25) is 0 Å². The van der Waals surface area contributed by atoms with Gasteiger partial charge in [-0.1, -0.05) is 0 Å². The highest BCUT2D eigenvalue weighted by atomic mass is 32.2. The summed E-state index contributed by atoms with van der Waals surface area (Å²) in [6.07, 6.45) is -4.59. The lowest BCUT2D eigenvalue weighted by Crippen LogP contribution is -2.38. The lowest BCUT2D eigenvalue weighted by molar-refractivity contribution is -0.189. The fourth-order valence-electron chi connectivity index (χ4n) is 1.69. The van der Waals surface area contributed by atoms with Crippen LogP contribution in [0.5, 0.6) is 0 Å². The van der Waals surface area contributed by atoms with Crippen LogP contribution in [-0.2, 0) is 19.4 Å². The van der Waals surface area contributed by atoms with Crippen molar-refractivity contribution >= 4 is 15.8 Å². The van der Waals surface area contributed by atoms with E-state index in [-0.39, 0.29) is 0 Å². The molecule has 1 N–H and O–H groups in total. The highest BCUT2D eigenvalue weighted by Gasteiger charge is 2.47. The van der Waals surface area contributed by atoms with Gasteiger partial charge in [0.05, 0.1) is 17.6 Å². The largest absolute Gasteiger partial charge is 0.481 e. The van der Waals surface area contributed by atoms with E-state index in [0.717, 1.165) is 0 Å². The second-order valence-electron chi connectivity index (χ2n) is 4.14. The molecule has 0 aromatic carbocycles. The molecule has 0 spiro atoms. The van der Waals surface area contributed by atoms with Crippen molar-refractivity contribution in [1.29, 1.82) is 0 Å². The molecule has 0 amide bonds. The van der Waals surface area contributed by atoms with Crippen molar-refractivity contribution in [1.82, 2.24) is 0 Å². The van der Waals surface area contributed by atoms with Gasteiger partial charge in [-0.25, -0.2) is 8.42 Å². The number of sulfone groups is 1. The Balaban J connectivity index is 2.70.